The lowest BCUT2D eigenvalue weighted by molar-refractivity contribution is 0.0332. The van der Waals surface area contributed by atoms with Crippen LogP contribution in [0.1, 0.15) is 31.9 Å². The fourth-order valence-electron chi connectivity index (χ4n) is 1.70. The topological polar surface area (TPSA) is 47.0 Å². The number of aromatic nitrogens is 2. The Morgan fingerprint density at radius 2 is 2.00 bits per heavy atom. The highest BCUT2D eigenvalue weighted by molar-refractivity contribution is 5.11. The van der Waals surface area contributed by atoms with Crippen LogP contribution in [0.25, 0.3) is 0 Å². The van der Waals surface area contributed by atoms with Gasteiger partial charge in [0.25, 0.3) is 0 Å². The fourth-order valence-corrected chi connectivity index (χ4v) is 1.70. The highest BCUT2D eigenvalue weighted by atomic mass is 16.5. The number of nitrogens with one attached hydrogen (secondary N) is 1. The highest BCUT2D eigenvalue weighted by Gasteiger charge is 2.20. The molecule has 0 aliphatic heterocycles. The van der Waals surface area contributed by atoms with Crippen molar-refractivity contribution in [2.24, 2.45) is 0 Å². The molecule has 0 aliphatic carbocycles. The molecule has 0 fully saturated rings. The van der Waals surface area contributed by atoms with E-state index in [1.165, 1.54) is 6.33 Å². The second kappa shape index (κ2) is 6.48. The predicted octanol–water partition coefficient (Wildman–Crippen LogP) is 1.55. The third-order valence-corrected chi connectivity index (χ3v) is 2.41. The molecule has 0 saturated carbocycles. The SMILES string of the molecule is CCOC(CC)C(NC)c1cncnc1. The maximum Gasteiger partial charge on any atom is 0.115 e. The van der Waals surface area contributed by atoms with Crippen LogP contribution in [-0.2, 0) is 4.74 Å². The van der Waals surface area contributed by atoms with E-state index in [4.69, 9.17) is 4.74 Å². The summed E-state index contributed by atoms with van der Waals surface area (Å²) in [4.78, 5) is 8.05. The summed E-state index contributed by atoms with van der Waals surface area (Å²) >= 11 is 0. The summed E-state index contributed by atoms with van der Waals surface area (Å²) in [7, 11) is 1.93. The molecule has 84 valence electrons. The molecule has 1 rings (SSSR count). The summed E-state index contributed by atoms with van der Waals surface area (Å²) in [6, 6.07) is 0.163. The number of ether oxygens (including phenoxy) is 1. The van der Waals surface area contributed by atoms with Gasteiger partial charge in [-0.15, -0.1) is 0 Å². The zero-order valence-corrected chi connectivity index (χ0v) is 9.60. The maximum atomic E-state index is 5.68. The second-order valence-corrected chi connectivity index (χ2v) is 3.34. The molecule has 1 heterocycles. The molecule has 0 saturated heterocycles. The van der Waals surface area contributed by atoms with Gasteiger partial charge >= 0.3 is 0 Å². The van der Waals surface area contributed by atoms with Crippen LogP contribution in [0.3, 0.4) is 0 Å². The van der Waals surface area contributed by atoms with Gasteiger partial charge in [-0.05, 0) is 20.4 Å². The molecular formula is C11H19N3O. The van der Waals surface area contributed by atoms with Crippen molar-refractivity contribution in [3.05, 3.63) is 24.3 Å². The molecule has 1 N–H and O–H groups in total. The summed E-state index contributed by atoms with van der Waals surface area (Å²) in [6.07, 6.45) is 6.34. The first-order valence-electron chi connectivity index (χ1n) is 5.37. The Morgan fingerprint density at radius 3 is 2.47 bits per heavy atom. The van der Waals surface area contributed by atoms with Crippen LogP contribution in [-0.4, -0.2) is 29.7 Å². The predicted molar refractivity (Wildman–Crippen MR) is 59.5 cm³/mol. The van der Waals surface area contributed by atoms with E-state index >= 15 is 0 Å². The molecule has 1 aromatic rings. The van der Waals surface area contributed by atoms with Crippen molar-refractivity contribution in [2.45, 2.75) is 32.4 Å². The Bertz CT molecular complexity index is 266. The molecule has 15 heavy (non-hydrogen) atoms. The summed E-state index contributed by atoms with van der Waals surface area (Å²) < 4.78 is 5.68. The van der Waals surface area contributed by atoms with Gasteiger partial charge in [0.05, 0.1) is 12.1 Å². The van der Waals surface area contributed by atoms with Crippen LogP contribution in [0.5, 0.6) is 0 Å². The molecule has 2 atom stereocenters. The summed E-state index contributed by atoms with van der Waals surface area (Å²) in [5, 5.41) is 3.25. The van der Waals surface area contributed by atoms with Crippen molar-refractivity contribution in [3.63, 3.8) is 0 Å². The van der Waals surface area contributed by atoms with Crippen molar-refractivity contribution in [1.29, 1.82) is 0 Å². The van der Waals surface area contributed by atoms with E-state index in [-0.39, 0.29) is 12.1 Å². The zero-order valence-electron chi connectivity index (χ0n) is 9.60. The Morgan fingerprint density at radius 1 is 1.33 bits per heavy atom. The van der Waals surface area contributed by atoms with Crippen molar-refractivity contribution in [3.8, 4) is 0 Å². The van der Waals surface area contributed by atoms with Gasteiger partial charge in [-0.25, -0.2) is 9.97 Å². The van der Waals surface area contributed by atoms with E-state index in [2.05, 4.69) is 22.2 Å². The van der Waals surface area contributed by atoms with Gasteiger partial charge in [0.2, 0.25) is 0 Å². The van der Waals surface area contributed by atoms with Crippen LogP contribution >= 0.6 is 0 Å². The van der Waals surface area contributed by atoms with Crippen LogP contribution in [0.15, 0.2) is 18.7 Å². The molecule has 0 aliphatic rings. The van der Waals surface area contributed by atoms with E-state index in [1.807, 2.05) is 26.4 Å². The Kier molecular flexibility index (Phi) is 5.21. The largest absolute Gasteiger partial charge is 0.377 e. The number of hydrogen-bond donors (Lipinski definition) is 1. The van der Waals surface area contributed by atoms with Gasteiger partial charge < -0.3 is 10.1 Å². The Balaban J connectivity index is 2.77. The van der Waals surface area contributed by atoms with E-state index in [1.54, 1.807) is 0 Å². The monoisotopic (exact) mass is 209 g/mol. The van der Waals surface area contributed by atoms with Crippen molar-refractivity contribution < 1.29 is 4.74 Å². The van der Waals surface area contributed by atoms with E-state index in [9.17, 15) is 0 Å². The van der Waals surface area contributed by atoms with Crippen molar-refractivity contribution in [1.82, 2.24) is 15.3 Å². The molecule has 0 aromatic carbocycles. The number of hydrogen-bond acceptors (Lipinski definition) is 4. The van der Waals surface area contributed by atoms with Gasteiger partial charge in [0.15, 0.2) is 0 Å². The average Bonchev–Trinajstić information content (AvgIpc) is 2.30. The fraction of sp³-hybridized carbons (Fsp3) is 0.636. The molecular weight excluding hydrogens is 190 g/mol. The lowest BCUT2D eigenvalue weighted by Crippen LogP contribution is -2.31. The van der Waals surface area contributed by atoms with Gasteiger partial charge in [-0.3, -0.25) is 0 Å². The lowest BCUT2D eigenvalue weighted by Gasteiger charge is -2.25. The summed E-state index contributed by atoms with van der Waals surface area (Å²) in [6.45, 7) is 4.86. The molecule has 0 amide bonds. The molecule has 4 nitrogen and oxygen atoms in total. The molecule has 0 radical (unpaired) electrons. The second-order valence-electron chi connectivity index (χ2n) is 3.34. The normalized spacial score (nSPS) is 14.9. The molecule has 4 heteroatoms. The first kappa shape index (κ1) is 12.1. The third kappa shape index (κ3) is 3.25. The van der Waals surface area contributed by atoms with E-state index in [0.29, 0.717) is 0 Å². The minimum absolute atomic E-state index is 0.163. The van der Waals surface area contributed by atoms with Gasteiger partial charge in [-0.2, -0.15) is 0 Å². The van der Waals surface area contributed by atoms with Gasteiger partial charge in [0, 0.05) is 24.6 Å². The standard InChI is InChI=1S/C11H19N3O/c1-4-10(15-5-2)11(12-3)9-6-13-8-14-7-9/h6-8,10-12H,4-5H2,1-3H3. The van der Waals surface area contributed by atoms with Crippen molar-refractivity contribution in [2.75, 3.05) is 13.7 Å². The average molecular weight is 209 g/mol. The molecule has 1 aromatic heterocycles. The van der Waals surface area contributed by atoms with Gasteiger partial charge in [-0.1, -0.05) is 6.92 Å². The van der Waals surface area contributed by atoms with Crippen LogP contribution in [0.2, 0.25) is 0 Å². The van der Waals surface area contributed by atoms with E-state index < -0.39 is 0 Å². The molecule has 0 spiro atoms. The highest BCUT2D eigenvalue weighted by Crippen LogP contribution is 2.19. The van der Waals surface area contributed by atoms with Crippen LogP contribution in [0.4, 0.5) is 0 Å². The smallest absolute Gasteiger partial charge is 0.115 e. The summed E-state index contributed by atoms with van der Waals surface area (Å²) in [5.41, 5.74) is 1.07. The maximum absolute atomic E-state index is 5.68. The number of likely N-dealkylation sites (N-methyl/N-ethyl adjacent to an activating group) is 1. The Hall–Kier alpha value is -1.00. The first-order valence-corrected chi connectivity index (χ1v) is 5.37. The Labute approximate surface area is 91.1 Å². The minimum Gasteiger partial charge on any atom is -0.377 e. The number of rotatable bonds is 6. The first-order chi connectivity index (χ1) is 7.33. The quantitative estimate of drug-likeness (QED) is 0.772. The van der Waals surface area contributed by atoms with Gasteiger partial charge in [0.1, 0.15) is 6.33 Å². The molecule has 0 bridgehead atoms. The van der Waals surface area contributed by atoms with Crippen LogP contribution in [0, 0.1) is 0 Å². The zero-order chi connectivity index (χ0) is 11.1. The van der Waals surface area contributed by atoms with Crippen LogP contribution < -0.4 is 5.32 Å². The van der Waals surface area contributed by atoms with Crippen molar-refractivity contribution >= 4 is 0 Å². The summed E-state index contributed by atoms with van der Waals surface area (Å²) in [5.74, 6) is 0. The molecule has 2 unspecified atom stereocenters. The number of nitrogens with zero attached hydrogens (tertiary/aromatic N) is 2. The minimum atomic E-state index is 0.163. The van der Waals surface area contributed by atoms with E-state index in [0.717, 1.165) is 18.6 Å². The third-order valence-electron chi connectivity index (χ3n) is 2.41. The lowest BCUT2D eigenvalue weighted by atomic mass is 10.0.